The zero-order chi connectivity index (χ0) is 14.4. The van der Waals surface area contributed by atoms with Crippen molar-refractivity contribution < 1.29 is 14.2 Å². The molecule has 0 saturated carbocycles. The van der Waals surface area contributed by atoms with Gasteiger partial charge < -0.3 is 14.2 Å². The van der Waals surface area contributed by atoms with Crippen LogP contribution in [-0.2, 0) is 0 Å². The highest BCUT2D eigenvalue weighted by Gasteiger charge is 2.18. The van der Waals surface area contributed by atoms with E-state index in [4.69, 9.17) is 24.7 Å². The molecule has 6 heteroatoms. The number of allylic oxidation sites excluding steroid dienone is 1. The van der Waals surface area contributed by atoms with Crippen molar-refractivity contribution >= 4 is 22.0 Å². The summed E-state index contributed by atoms with van der Waals surface area (Å²) in [4.78, 5) is 0. The third kappa shape index (κ3) is 2.98. The first-order chi connectivity index (χ1) is 9.12. The Hall–Kier alpha value is -2.18. The molecule has 1 rings (SSSR count). The summed E-state index contributed by atoms with van der Waals surface area (Å²) >= 11 is 3.36. The maximum atomic E-state index is 8.79. The van der Waals surface area contributed by atoms with Gasteiger partial charge in [-0.3, -0.25) is 0 Å². The molecular weight excluding hydrogens is 312 g/mol. The van der Waals surface area contributed by atoms with Crippen molar-refractivity contribution in [2.24, 2.45) is 0 Å². The van der Waals surface area contributed by atoms with E-state index in [9.17, 15) is 0 Å². The Kier molecular flexibility index (Phi) is 5.23. The van der Waals surface area contributed by atoms with Gasteiger partial charge in [-0.1, -0.05) is 0 Å². The third-order valence-electron chi connectivity index (χ3n) is 2.34. The Bertz CT molecular complexity index is 581. The maximum absolute atomic E-state index is 8.79. The molecule has 0 aromatic heterocycles. The minimum absolute atomic E-state index is 0.0185. The van der Waals surface area contributed by atoms with Crippen molar-refractivity contribution in [1.29, 1.82) is 10.5 Å². The predicted molar refractivity (Wildman–Crippen MR) is 73.0 cm³/mol. The highest BCUT2D eigenvalue weighted by atomic mass is 79.9. The molecule has 0 aliphatic carbocycles. The lowest BCUT2D eigenvalue weighted by Crippen LogP contribution is -1.97. The Morgan fingerprint density at radius 2 is 1.68 bits per heavy atom. The first-order valence-corrected chi connectivity index (χ1v) is 5.92. The number of halogens is 1. The predicted octanol–water partition coefficient (Wildman–Crippen LogP) is 2.91. The van der Waals surface area contributed by atoms with Crippen LogP contribution in [0.15, 0.2) is 16.1 Å². The topological polar surface area (TPSA) is 75.3 Å². The molecule has 0 fully saturated rings. The normalized spacial score (nSPS) is 8.95. The third-order valence-corrected chi connectivity index (χ3v) is 3.16. The van der Waals surface area contributed by atoms with Crippen molar-refractivity contribution in [3.63, 3.8) is 0 Å². The number of nitriles is 2. The van der Waals surface area contributed by atoms with Crippen LogP contribution in [0.5, 0.6) is 17.2 Å². The van der Waals surface area contributed by atoms with E-state index >= 15 is 0 Å². The number of methoxy groups -OCH3 is 3. The van der Waals surface area contributed by atoms with Crippen LogP contribution in [0, 0.1) is 22.7 Å². The lowest BCUT2D eigenvalue weighted by Gasteiger charge is -2.15. The molecule has 0 bridgehead atoms. The zero-order valence-corrected chi connectivity index (χ0v) is 12.2. The maximum Gasteiger partial charge on any atom is 0.204 e. The van der Waals surface area contributed by atoms with E-state index in [1.54, 1.807) is 18.2 Å². The molecule has 0 atom stereocenters. The molecule has 1 aromatic rings. The van der Waals surface area contributed by atoms with E-state index in [2.05, 4.69) is 15.9 Å². The highest BCUT2D eigenvalue weighted by molar-refractivity contribution is 9.10. The summed E-state index contributed by atoms with van der Waals surface area (Å²) in [6, 6.07) is 5.25. The van der Waals surface area contributed by atoms with E-state index in [1.807, 2.05) is 0 Å². The molecule has 1 aromatic carbocycles. The Balaban J connectivity index is 3.57. The summed E-state index contributed by atoms with van der Waals surface area (Å²) in [5, 5.41) is 17.6. The second kappa shape index (κ2) is 6.67. The quantitative estimate of drug-likeness (QED) is 0.797. The fraction of sp³-hybridized carbons (Fsp3) is 0.231. The number of ether oxygens (including phenoxy) is 3. The lowest BCUT2D eigenvalue weighted by molar-refractivity contribution is 0.323. The second-order valence-corrected chi connectivity index (χ2v) is 4.12. The van der Waals surface area contributed by atoms with Gasteiger partial charge in [0.2, 0.25) is 5.75 Å². The second-order valence-electron chi connectivity index (χ2n) is 3.33. The molecule has 5 nitrogen and oxygen atoms in total. The van der Waals surface area contributed by atoms with E-state index in [0.717, 1.165) is 0 Å². The van der Waals surface area contributed by atoms with E-state index in [-0.39, 0.29) is 5.57 Å². The molecule has 0 N–H and O–H groups in total. The SMILES string of the molecule is COc1cc(C=C(C#N)C#N)c(Br)c(OC)c1OC. The van der Waals surface area contributed by atoms with Crippen molar-refractivity contribution in [2.45, 2.75) is 0 Å². The van der Waals surface area contributed by atoms with Gasteiger partial charge in [-0.05, 0) is 33.6 Å². The summed E-state index contributed by atoms with van der Waals surface area (Å²) in [5.74, 6) is 1.32. The fourth-order valence-corrected chi connectivity index (χ4v) is 2.06. The minimum Gasteiger partial charge on any atom is -0.493 e. The van der Waals surface area contributed by atoms with Crippen molar-refractivity contribution in [3.8, 4) is 29.4 Å². The van der Waals surface area contributed by atoms with Gasteiger partial charge in [0.05, 0.1) is 25.8 Å². The zero-order valence-electron chi connectivity index (χ0n) is 10.7. The average molecular weight is 323 g/mol. The molecule has 98 valence electrons. The molecule has 0 aliphatic rings. The smallest absolute Gasteiger partial charge is 0.204 e. The Morgan fingerprint density at radius 3 is 2.11 bits per heavy atom. The molecule has 0 heterocycles. The van der Waals surface area contributed by atoms with Crippen LogP contribution in [0.4, 0.5) is 0 Å². The molecule has 0 radical (unpaired) electrons. The largest absolute Gasteiger partial charge is 0.493 e. The van der Waals surface area contributed by atoms with E-state index in [0.29, 0.717) is 27.3 Å². The Morgan fingerprint density at radius 1 is 1.11 bits per heavy atom. The molecular formula is C13H11BrN2O3. The van der Waals surface area contributed by atoms with Crippen LogP contribution in [-0.4, -0.2) is 21.3 Å². The molecule has 0 aliphatic heterocycles. The number of benzene rings is 1. The van der Waals surface area contributed by atoms with Gasteiger partial charge in [0.1, 0.15) is 17.7 Å². The van der Waals surface area contributed by atoms with Crippen LogP contribution < -0.4 is 14.2 Å². The van der Waals surface area contributed by atoms with Crippen LogP contribution in [0.25, 0.3) is 6.08 Å². The Labute approximate surface area is 119 Å². The summed E-state index contributed by atoms with van der Waals surface area (Å²) in [6.07, 6.45) is 1.44. The van der Waals surface area contributed by atoms with Gasteiger partial charge >= 0.3 is 0 Å². The van der Waals surface area contributed by atoms with Gasteiger partial charge in [0.15, 0.2) is 11.5 Å². The van der Waals surface area contributed by atoms with Gasteiger partial charge in [0, 0.05) is 0 Å². The van der Waals surface area contributed by atoms with Crippen molar-refractivity contribution in [3.05, 3.63) is 21.7 Å². The number of hydrogen-bond acceptors (Lipinski definition) is 5. The number of hydrogen-bond donors (Lipinski definition) is 0. The first kappa shape index (κ1) is 14.9. The lowest BCUT2D eigenvalue weighted by atomic mass is 10.1. The summed E-state index contributed by atoms with van der Waals surface area (Å²) in [6.45, 7) is 0. The number of rotatable bonds is 4. The molecule has 0 saturated heterocycles. The van der Waals surface area contributed by atoms with Crippen LogP contribution in [0.1, 0.15) is 5.56 Å². The monoisotopic (exact) mass is 322 g/mol. The molecule has 0 amide bonds. The molecule has 0 unspecified atom stereocenters. The van der Waals surface area contributed by atoms with E-state index < -0.39 is 0 Å². The van der Waals surface area contributed by atoms with Crippen LogP contribution in [0.2, 0.25) is 0 Å². The fourth-order valence-electron chi connectivity index (χ4n) is 1.49. The van der Waals surface area contributed by atoms with Crippen LogP contribution in [0.3, 0.4) is 0 Å². The van der Waals surface area contributed by atoms with Gasteiger partial charge in [-0.15, -0.1) is 0 Å². The van der Waals surface area contributed by atoms with Crippen molar-refractivity contribution in [1.82, 2.24) is 0 Å². The van der Waals surface area contributed by atoms with E-state index in [1.165, 1.54) is 27.4 Å². The average Bonchev–Trinajstić information content (AvgIpc) is 2.45. The van der Waals surface area contributed by atoms with Gasteiger partial charge in [0.25, 0.3) is 0 Å². The molecule has 19 heavy (non-hydrogen) atoms. The highest BCUT2D eigenvalue weighted by Crippen LogP contribution is 2.45. The van der Waals surface area contributed by atoms with Crippen molar-refractivity contribution in [2.75, 3.05) is 21.3 Å². The summed E-state index contributed by atoms with van der Waals surface area (Å²) in [7, 11) is 4.48. The van der Waals surface area contributed by atoms with Gasteiger partial charge in [-0.2, -0.15) is 10.5 Å². The standard InChI is InChI=1S/C13H11BrN2O3/c1-17-10-5-9(4-8(6-15)7-16)11(14)13(19-3)12(10)18-2/h4-5H,1-3H3. The van der Waals surface area contributed by atoms with Crippen LogP contribution >= 0.6 is 15.9 Å². The first-order valence-electron chi connectivity index (χ1n) is 5.13. The summed E-state index contributed by atoms with van der Waals surface area (Å²) < 4.78 is 16.3. The number of nitrogens with zero attached hydrogens (tertiary/aromatic N) is 2. The molecule has 0 spiro atoms. The minimum atomic E-state index is -0.0185. The van der Waals surface area contributed by atoms with Gasteiger partial charge in [-0.25, -0.2) is 0 Å². The summed E-state index contributed by atoms with van der Waals surface area (Å²) in [5.41, 5.74) is 0.572.